The average Bonchev–Trinajstić information content (AvgIpc) is 2.97. The smallest absolute Gasteiger partial charge is 0.244 e. The number of carbonyl (C=O) groups is 2. The van der Waals surface area contributed by atoms with Gasteiger partial charge in [-0.05, 0) is 51.5 Å². The summed E-state index contributed by atoms with van der Waals surface area (Å²) in [5.41, 5.74) is 0.570. The molecule has 1 heterocycles. The molecule has 0 saturated carbocycles. The fraction of sp³-hybridized carbons (Fsp3) is 0.375. The van der Waals surface area contributed by atoms with Gasteiger partial charge in [0, 0.05) is 30.1 Å². The van der Waals surface area contributed by atoms with E-state index < -0.39 is 45.8 Å². The predicted molar refractivity (Wildman–Crippen MR) is 163 cm³/mol. The van der Waals surface area contributed by atoms with E-state index in [9.17, 15) is 22.4 Å². The van der Waals surface area contributed by atoms with Crippen LogP contribution >= 0.6 is 0 Å². The molecule has 3 aromatic carbocycles. The van der Waals surface area contributed by atoms with Crippen molar-refractivity contribution < 1.29 is 31.9 Å². The SMILES string of the molecule is CCS(=O)(=O)N(CC(=O)N(Cc1ccccc1F)C(Cc1ccccc1)C(=O)NC(C)(C)C)c1ccc2c(c1)OCCO2. The number of ether oxygens (including phenoxy) is 2. The lowest BCUT2D eigenvalue weighted by atomic mass is 10.0. The van der Waals surface area contributed by atoms with Crippen LogP contribution in [0.3, 0.4) is 0 Å². The van der Waals surface area contributed by atoms with E-state index in [-0.39, 0.29) is 30.0 Å². The maximum Gasteiger partial charge on any atom is 0.244 e. The fourth-order valence-electron chi connectivity index (χ4n) is 4.72. The summed E-state index contributed by atoms with van der Waals surface area (Å²) in [7, 11) is -3.97. The van der Waals surface area contributed by atoms with Crippen molar-refractivity contribution in [2.75, 3.05) is 29.8 Å². The van der Waals surface area contributed by atoms with Crippen molar-refractivity contribution in [3.63, 3.8) is 0 Å². The van der Waals surface area contributed by atoms with Gasteiger partial charge < -0.3 is 19.7 Å². The largest absolute Gasteiger partial charge is 0.486 e. The molecule has 2 amide bonds. The first-order chi connectivity index (χ1) is 20.4. The number of hydrogen-bond acceptors (Lipinski definition) is 6. The molecule has 0 spiro atoms. The van der Waals surface area contributed by atoms with Crippen molar-refractivity contribution in [3.8, 4) is 11.5 Å². The molecular formula is C32H38FN3O6S. The van der Waals surface area contributed by atoms with Crippen LogP contribution in [0.15, 0.2) is 72.8 Å². The Labute approximate surface area is 252 Å². The van der Waals surface area contributed by atoms with E-state index in [2.05, 4.69) is 5.32 Å². The van der Waals surface area contributed by atoms with Gasteiger partial charge in [0.1, 0.15) is 31.6 Å². The Morgan fingerprint density at radius 2 is 1.60 bits per heavy atom. The van der Waals surface area contributed by atoms with E-state index in [4.69, 9.17) is 9.47 Å². The van der Waals surface area contributed by atoms with Crippen molar-refractivity contribution in [1.82, 2.24) is 10.2 Å². The van der Waals surface area contributed by atoms with Crippen molar-refractivity contribution >= 4 is 27.5 Å². The van der Waals surface area contributed by atoms with Crippen LogP contribution in [0.4, 0.5) is 10.1 Å². The Hall–Kier alpha value is -4.12. The zero-order valence-electron chi connectivity index (χ0n) is 24.9. The molecule has 0 bridgehead atoms. The maximum atomic E-state index is 14.9. The molecule has 43 heavy (non-hydrogen) atoms. The van der Waals surface area contributed by atoms with Gasteiger partial charge in [-0.3, -0.25) is 13.9 Å². The second-order valence-corrected chi connectivity index (χ2v) is 13.5. The molecule has 1 N–H and O–H groups in total. The third-order valence-electron chi connectivity index (χ3n) is 6.86. The van der Waals surface area contributed by atoms with Gasteiger partial charge in [-0.1, -0.05) is 48.5 Å². The van der Waals surface area contributed by atoms with Gasteiger partial charge in [0.05, 0.1) is 11.4 Å². The topological polar surface area (TPSA) is 105 Å². The molecule has 3 aromatic rings. The van der Waals surface area contributed by atoms with E-state index in [0.29, 0.717) is 24.7 Å². The molecule has 0 aromatic heterocycles. The number of carbonyl (C=O) groups excluding carboxylic acids is 2. The number of anilines is 1. The minimum absolute atomic E-state index is 0.132. The van der Waals surface area contributed by atoms with Crippen LogP contribution in [0.1, 0.15) is 38.8 Å². The molecule has 0 radical (unpaired) electrons. The van der Waals surface area contributed by atoms with Crippen molar-refractivity contribution in [2.24, 2.45) is 0 Å². The highest BCUT2D eigenvalue weighted by molar-refractivity contribution is 7.92. The molecule has 1 aliphatic rings. The van der Waals surface area contributed by atoms with Crippen LogP contribution in [-0.2, 0) is 32.6 Å². The highest BCUT2D eigenvalue weighted by atomic mass is 32.2. The molecule has 11 heteroatoms. The first kappa shape index (κ1) is 31.8. The number of nitrogens with zero attached hydrogens (tertiary/aromatic N) is 2. The third kappa shape index (κ3) is 8.25. The second-order valence-electron chi connectivity index (χ2n) is 11.3. The van der Waals surface area contributed by atoms with Crippen molar-refractivity contribution in [1.29, 1.82) is 0 Å². The molecule has 0 fully saturated rings. The summed E-state index contributed by atoms with van der Waals surface area (Å²) in [4.78, 5) is 29.3. The summed E-state index contributed by atoms with van der Waals surface area (Å²) < 4.78 is 53.9. The quantitative estimate of drug-likeness (QED) is 0.347. The molecule has 4 rings (SSSR count). The van der Waals surface area contributed by atoms with E-state index in [1.807, 2.05) is 51.1 Å². The molecule has 0 saturated heterocycles. The standard InChI is InChI=1S/C32H38FN3O6S/c1-5-43(39,40)36(25-15-16-28-29(20-25)42-18-17-41-28)22-30(37)35(21-24-13-9-10-14-26(24)33)27(31(38)34-32(2,3)4)19-23-11-7-6-8-12-23/h6-16,20,27H,5,17-19,21-22H2,1-4H3,(H,34,38). The zero-order chi connectivity index (χ0) is 31.2. The Morgan fingerprint density at radius 3 is 2.26 bits per heavy atom. The average molecular weight is 612 g/mol. The number of benzene rings is 3. The Balaban J connectivity index is 1.77. The second kappa shape index (κ2) is 13.5. The Kier molecular flexibility index (Phi) is 9.95. The van der Waals surface area contributed by atoms with Gasteiger partial charge in [0.2, 0.25) is 21.8 Å². The summed E-state index contributed by atoms with van der Waals surface area (Å²) in [6, 6.07) is 18.8. The number of fused-ring (bicyclic) bond motifs is 1. The van der Waals surface area contributed by atoms with Crippen LogP contribution in [0.25, 0.3) is 0 Å². The van der Waals surface area contributed by atoms with Gasteiger partial charge in [-0.2, -0.15) is 0 Å². The van der Waals surface area contributed by atoms with Crippen LogP contribution in [0.5, 0.6) is 11.5 Å². The zero-order valence-corrected chi connectivity index (χ0v) is 25.7. The van der Waals surface area contributed by atoms with Crippen LogP contribution in [0.2, 0.25) is 0 Å². The molecule has 1 aliphatic heterocycles. The van der Waals surface area contributed by atoms with Crippen LogP contribution in [-0.4, -0.2) is 62.2 Å². The lowest BCUT2D eigenvalue weighted by molar-refractivity contribution is -0.140. The lowest BCUT2D eigenvalue weighted by Crippen LogP contribution is -2.56. The minimum Gasteiger partial charge on any atom is -0.486 e. The summed E-state index contributed by atoms with van der Waals surface area (Å²) in [6.45, 7) is 6.76. The molecule has 1 atom stereocenters. The summed E-state index contributed by atoms with van der Waals surface area (Å²) in [5, 5.41) is 2.95. The fourth-order valence-corrected chi connectivity index (χ4v) is 5.78. The summed E-state index contributed by atoms with van der Waals surface area (Å²) in [6.07, 6.45) is 0.132. The number of amides is 2. The highest BCUT2D eigenvalue weighted by Gasteiger charge is 2.35. The van der Waals surface area contributed by atoms with Gasteiger partial charge in [0.25, 0.3) is 0 Å². The first-order valence-corrected chi connectivity index (χ1v) is 15.8. The molecule has 0 aliphatic carbocycles. The molecular weight excluding hydrogens is 573 g/mol. The van der Waals surface area contributed by atoms with E-state index in [0.717, 1.165) is 9.87 Å². The number of hydrogen-bond donors (Lipinski definition) is 1. The third-order valence-corrected chi connectivity index (χ3v) is 8.60. The maximum absolute atomic E-state index is 14.9. The van der Waals surface area contributed by atoms with Crippen LogP contribution in [0, 0.1) is 5.82 Å². The number of sulfonamides is 1. The molecule has 1 unspecified atom stereocenters. The van der Waals surface area contributed by atoms with Crippen LogP contribution < -0.4 is 19.1 Å². The summed E-state index contributed by atoms with van der Waals surface area (Å²) >= 11 is 0. The number of nitrogens with one attached hydrogen (secondary N) is 1. The Morgan fingerprint density at radius 1 is 0.953 bits per heavy atom. The van der Waals surface area contributed by atoms with Crippen molar-refractivity contribution in [2.45, 2.75) is 52.2 Å². The monoisotopic (exact) mass is 611 g/mol. The summed E-state index contributed by atoms with van der Waals surface area (Å²) in [5.74, 6) is -1.09. The van der Waals surface area contributed by atoms with Gasteiger partial charge >= 0.3 is 0 Å². The number of halogens is 1. The first-order valence-electron chi connectivity index (χ1n) is 14.2. The van der Waals surface area contributed by atoms with Gasteiger partial charge in [-0.15, -0.1) is 0 Å². The molecule has 230 valence electrons. The Bertz CT molecular complexity index is 1540. The highest BCUT2D eigenvalue weighted by Crippen LogP contribution is 2.35. The molecule has 9 nitrogen and oxygen atoms in total. The van der Waals surface area contributed by atoms with Gasteiger partial charge in [0.15, 0.2) is 11.5 Å². The normalized spacial score (nSPS) is 13.6. The van der Waals surface area contributed by atoms with Gasteiger partial charge in [-0.25, -0.2) is 12.8 Å². The van der Waals surface area contributed by atoms with E-state index in [1.165, 1.54) is 36.1 Å². The lowest BCUT2D eigenvalue weighted by Gasteiger charge is -2.35. The number of rotatable bonds is 11. The van der Waals surface area contributed by atoms with E-state index in [1.54, 1.807) is 18.2 Å². The van der Waals surface area contributed by atoms with Crippen molar-refractivity contribution in [3.05, 3.63) is 89.7 Å². The predicted octanol–water partition coefficient (Wildman–Crippen LogP) is 4.31. The van der Waals surface area contributed by atoms with E-state index >= 15 is 0 Å². The minimum atomic E-state index is -3.97.